The summed E-state index contributed by atoms with van der Waals surface area (Å²) in [6, 6.07) is 5.74. The lowest BCUT2D eigenvalue weighted by Crippen LogP contribution is -2.29. The number of carbonyl (C=O) groups is 1. The van der Waals surface area contributed by atoms with E-state index in [9.17, 15) is 4.79 Å². The highest BCUT2D eigenvalue weighted by Crippen LogP contribution is 2.25. The Balaban J connectivity index is 2.45. The largest absolute Gasteiger partial charge is 0.387 e. The van der Waals surface area contributed by atoms with Crippen molar-refractivity contribution in [3.8, 4) is 0 Å². The van der Waals surface area contributed by atoms with E-state index in [-0.39, 0.29) is 11.7 Å². The summed E-state index contributed by atoms with van der Waals surface area (Å²) in [5, 5.41) is 4.16. The van der Waals surface area contributed by atoms with Crippen molar-refractivity contribution in [1.29, 1.82) is 0 Å². The number of amides is 1. The van der Waals surface area contributed by atoms with Crippen molar-refractivity contribution in [2.75, 3.05) is 0 Å². The van der Waals surface area contributed by atoms with E-state index < -0.39 is 5.41 Å². The molecule has 94 valence electrons. The molecule has 0 aliphatic heterocycles. The van der Waals surface area contributed by atoms with Crippen LogP contribution in [0.5, 0.6) is 0 Å². The Morgan fingerprint density at radius 3 is 2.78 bits per heavy atom. The fourth-order valence-electron chi connectivity index (χ4n) is 1.71. The molecule has 0 bridgehead atoms. The van der Waals surface area contributed by atoms with Gasteiger partial charge < -0.3 is 5.73 Å². The maximum absolute atomic E-state index is 12.1. The van der Waals surface area contributed by atoms with E-state index in [1.165, 1.54) is 0 Å². The van der Waals surface area contributed by atoms with Crippen molar-refractivity contribution in [2.45, 2.75) is 26.2 Å². The predicted molar refractivity (Wildman–Crippen MR) is 70.5 cm³/mol. The van der Waals surface area contributed by atoms with Crippen molar-refractivity contribution in [1.82, 2.24) is 9.61 Å². The molecule has 0 spiro atoms. The van der Waals surface area contributed by atoms with E-state index in [2.05, 4.69) is 10.1 Å². The van der Waals surface area contributed by atoms with Crippen LogP contribution in [0.15, 0.2) is 35.6 Å². The second kappa shape index (κ2) is 4.25. The average Bonchev–Trinajstić information content (AvgIpc) is 2.74. The van der Waals surface area contributed by atoms with Crippen molar-refractivity contribution in [3.05, 3.63) is 36.2 Å². The van der Waals surface area contributed by atoms with Gasteiger partial charge in [0.15, 0.2) is 0 Å². The lowest BCUT2D eigenvalue weighted by Gasteiger charge is -2.21. The first-order chi connectivity index (χ1) is 8.41. The third-order valence-corrected chi connectivity index (χ3v) is 2.93. The van der Waals surface area contributed by atoms with E-state index in [0.29, 0.717) is 0 Å². The van der Waals surface area contributed by atoms with Gasteiger partial charge in [0.25, 0.3) is 5.91 Å². The fraction of sp³-hybridized carbons (Fsp3) is 0.308. The molecule has 18 heavy (non-hydrogen) atoms. The fourth-order valence-corrected chi connectivity index (χ4v) is 1.71. The molecule has 0 radical (unpaired) electrons. The maximum Gasteiger partial charge on any atom is 0.257 e. The lowest BCUT2D eigenvalue weighted by atomic mass is 9.85. The van der Waals surface area contributed by atoms with Crippen LogP contribution in [0.25, 0.3) is 5.52 Å². The summed E-state index contributed by atoms with van der Waals surface area (Å²) in [5.74, 6) is 0.0160. The number of hydrogen-bond acceptors (Lipinski definition) is 2. The molecule has 5 nitrogen and oxygen atoms in total. The second-order valence-corrected chi connectivity index (χ2v) is 4.80. The monoisotopic (exact) mass is 244 g/mol. The number of hydrogen-bond donors (Lipinski definition) is 1. The Kier molecular flexibility index (Phi) is 2.90. The van der Waals surface area contributed by atoms with Gasteiger partial charge in [-0.05, 0) is 38.5 Å². The van der Waals surface area contributed by atoms with Crippen LogP contribution in [0.3, 0.4) is 0 Å². The average molecular weight is 244 g/mol. The van der Waals surface area contributed by atoms with Gasteiger partial charge in [-0.3, -0.25) is 4.79 Å². The van der Waals surface area contributed by atoms with E-state index in [1.807, 2.05) is 38.2 Å². The lowest BCUT2D eigenvalue weighted by molar-refractivity contribution is -0.122. The van der Waals surface area contributed by atoms with Gasteiger partial charge in [0.1, 0.15) is 0 Å². The zero-order valence-electron chi connectivity index (χ0n) is 10.7. The molecule has 0 saturated heterocycles. The highest BCUT2D eigenvalue weighted by atomic mass is 16.1. The van der Waals surface area contributed by atoms with Gasteiger partial charge in [-0.15, -0.1) is 0 Å². The van der Waals surface area contributed by atoms with Crippen LogP contribution < -0.4 is 5.73 Å². The Bertz CT molecular complexity index is 621. The van der Waals surface area contributed by atoms with Gasteiger partial charge in [-0.2, -0.15) is 5.10 Å². The quantitative estimate of drug-likeness (QED) is 0.643. The molecule has 0 atom stereocenters. The second-order valence-electron chi connectivity index (χ2n) is 4.80. The normalized spacial score (nSPS) is 12.9. The SMILES string of the molecule is CC(N)=NC(=O)C(C)(C)c1ccc2ccnn2c1. The first kappa shape index (κ1) is 12.3. The van der Waals surface area contributed by atoms with Crippen LogP contribution in [-0.4, -0.2) is 21.4 Å². The van der Waals surface area contributed by atoms with E-state index >= 15 is 0 Å². The molecule has 0 saturated carbocycles. The summed E-state index contributed by atoms with van der Waals surface area (Å²) in [4.78, 5) is 15.9. The molecule has 0 aliphatic rings. The summed E-state index contributed by atoms with van der Waals surface area (Å²) in [6.07, 6.45) is 3.56. The number of aliphatic imine (C=N–C) groups is 1. The Hall–Kier alpha value is -2.17. The molecule has 2 heterocycles. The molecule has 2 rings (SSSR count). The minimum Gasteiger partial charge on any atom is -0.387 e. The Morgan fingerprint density at radius 1 is 1.39 bits per heavy atom. The van der Waals surface area contributed by atoms with Gasteiger partial charge in [-0.1, -0.05) is 6.07 Å². The van der Waals surface area contributed by atoms with Gasteiger partial charge in [0.05, 0.1) is 16.8 Å². The zero-order valence-corrected chi connectivity index (χ0v) is 10.7. The molecule has 0 fully saturated rings. The number of fused-ring (bicyclic) bond motifs is 1. The summed E-state index contributed by atoms with van der Waals surface area (Å²) in [5.41, 5.74) is 6.57. The number of amidine groups is 1. The topological polar surface area (TPSA) is 72.8 Å². The number of nitrogens with zero attached hydrogens (tertiary/aromatic N) is 3. The summed E-state index contributed by atoms with van der Waals surface area (Å²) in [6.45, 7) is 5.25. The highest BCUT2D eigenvalue weighted by Gasteiger charge is 2.30. The van der Waals surface area contributed by atoms with E-state index in [1.54, 1.807) is 17.6 Å². The number of rotatable bonds is 2. The van der Waals surface area contributed by atoms with E-state index in [0.717, 1.165) is 11.1 Å². The molecular formula is C13H16N4O. The molecule has 0 aromatic carbocycles. The smallest absolute Gasteiger partial charge is 0.257 e. The predicted octanol–water partition coefficient (Wildman–Crippen LogP) is 1.52. The van der Waals surface area contributed by atoms with Gasteiger partial charge in [-0.25, -0.2) is 9.51 Å². The number of pyridine rings is 1. The van der Waals surface area contributed by atoms with Crippen molar-refractivity contribution >= 4 is 17.3 Å². The summed E-state index contributed by atoms with van der Waals surface area (Å²) in [7, 11) is 0. The van der Waals surface area contributed by atoms with Crippen LogP contribution >= 0.6 is 0 Å². The maximum atomic E-state index is 12.1. The zero-order chi connectivity index (χ0) is 13.3. The molecule has 1 amide bonds. The van der Waals surface area contributed by atoms with Crippen LogP contribution in [0, 0.1) is 0 Å². The first-order valence-electron chi connectivity index (χ1n) is 5.70. The molecular weight excluding hydrogens is 228 g/mol. The number of aromatic nitrogens is 2. The summed E-state index contributed by atoms with van der Waals surface area (Å²) < 4.78 is 1.74. The summed E-state index contributed by atoms with van der Waals surface area (Å²) >= 11 is 0. The molecule has 5 heteroatoms. The van der Waals surface area contributed by atoms with Crippen LogP contribution in [0.4, 0.5) is 0 Å². The van der Waals surface area contributed by atoms with Crippen molar-refractivity contribution in [3.63, 3.8) is 0 Å². The number of carbonyl (C=O) groups excluding carboxylic acids is 1. The first-order valence-corrected chi connectivity index (χ1v) is 5.70. The van der Waals surface area contributed by atoms with Gasteiger partial charge >= 0.3 is 0 Å². The van der Waals surface area contributed by atoms with Crippen LogP contribution in [-0.2, 0) is 10.2 Å². The van der Waals surface area contributed by atoms with Crippen LogP contribution in [0.1, 0.15) is 26.3 Å². The number of nitrogens with two attached hydrogens (primary N) is 1. The Morgan fingerprint density at radius 2 is 2.11 bits per heavy atom. The van der Waals surface area contributed by atoms with E-state index in [4.69, 9.17) is 5.73 Å². The van der Waals surface area contributed by atoms with Crippen molar-refractivity contribution < 1.29 is 4.79 Å². The standard InChI is InChI=1S/C13H16N4O/c1-9(14)16-12(18)13(2,3)10-4-5-11-6-7-15-17(11)8-10/h4-8H,1-3H3,(H2,14,16,18). The minimum atomic E-state index is -0.721. The molecule has 2 aromatic heterocycles. The highest BCUT2D eigenvalue weighted by molar-refractivity contribution is 5.97. The van der Waals surface area contributed by atoms with Gasteiger partial charge in [0.2, 0.25) is 0 Å². The third kappa shape index (κ3) is 2.11. The molecule has 2 aromatic rings. The Labute approximate surface area is 105 Å². The van der Waals surface area contributed by atoms with Crippen molar-refractivity contribution in [2.24, 2.45) is 10.7 Å². The molecule has 0 aliphatic carbocycles. The molecule has 2 N–H and O–H groups in total. The molecule has 0 unspecified atom stereocenters. The minimum absolute atomic E-state index is 0.256. The van der Waals surface area contributed by atoms with Crippen LogP contribution in [0.2, 0.25) is 0 Å². The van der Waals surface area contributed by atoms with Gasteiger partial charge in [0, 0.05) is 12.4 Å². The third-order valence-electron chi connectivity index (χ3n) is 2.93.